The zero-order chi connectivity index (χ0) is 21.3. The lowest BCUT2D eigenvalue weighted by molar-refractivity contribution is -0.124. The molecule has 2 atom stereocenters. The van der Waals surface area contributed by atoms with Crippen LogP contribution in [0, 0.1) is 0 Å². The highest BCUT2D eigenvalue weighted by Gasteiger charge is 2.64. The first-order valence-corrected chi connectivity index (χ1v) is 11.5. The third-order valence-corrected chi connectivity index (χ3v) is 7.85. The maximum atomic E-state index is 14.1. The maximum absolute atomic E-state index is 14.1. The monoisotopic (exact) mass is 422 g/mol. The number of carbonyl (C=O) groups is 2. The number of ether oxygens (including phenoxy) is 1. The van der Waals surface area contributed by atoms with Gasteiger partial charge in [-0.05, 0) is 62.9 Å². The van der Waals surface area contributed by atoms with Gasteiger partial charge < -0.3 is 9.64 Å². The van der Waals surface area contributed by atoms with E-state index in [1.165, 1.54) is 17.3 Å². The first-order valence-electron chi connectivity index (χ1n) is 10.5. The van der Waals surface area contributed by atoms with Crippen molar-refractivity contribution in [3.63, 3.8) is 0 Å². The van der Waals surface area contributed by atoms with Crippen molar-refractivity contribution in [2.75, 3.05) is 22.2 Å². The fourth-order valence-corrected chi connectivity index (χ4v) is 6.72. The number of anilines is 2. The van der Waals surface area contributed by atoms with Crippen LogP contribution in [0.5, 0.6) is 5.75 Å². The normalized spacial score (nSPS) is 26.5. The lowest BCUT2D eigenvalue weighted by atomic mass is 9.80. The number of hydrogen-bond acceptors (Lipinski definition) is 4. The molecule has 3 heterocycles. The Morgan fingerprint density at radius 3 is 2.53 bits per heavy atom. The van der Waals surface area contributed by atoms with Gasteiger partial charge in [0.2, 0.25) is 10.8 Å². The number of benzene rings is 2. The van der Waals surface area contributed by atoms with E-state index in [1.807, 2.05) is 48.2 Å². The Bertz CT molecular complexity index is 1050. The number of rotatable bonds is 3. The van der Waals surface area contributed by atoms with Crippen LogP contribution in [0.15, 0.2) is 42.5 Å². The van der Waals surface area contributed by atoms with Gasteiger partial charge in [0.15, 0.2) is 0 Å². The standard InChI is InChI=1S/C24H26N2O3S/c1-5-29-17-11-9-16(10-12-17)25-20(27)14-30-24(25)19-8-6-7-18-15(2)13-23(3,4)26(21(18)19)22(24)28/h6-12,15H,5,13-14H2,1-4H3. The summed E-state index contributed by atoms with van der Waals surface area (Å²) in [6, 6.07) is 13.7. The third-order valence-electron chi connectivity index (χ3n) is 6.47. The van der Waals surface area contributed by atoms with Crippen LogP contribution in [0.3, 0.4) is 0 Å². The minimum atomic E-state index is -1.04. The average Bonchev–Trinajstić information content (AvgIpc) is 3.18. The molecule has 0 saturated carbocycles. The number of hydrogen-bond donors (Lipinski definition) is 0. The Morgan fingerprint density at radius 2 is 1.83 bits per heavy atom. The van der Waals surface area contributed by atoms with Crippen molar-refractivity contribution in [2.24, 2.45) is 0 Å². The SMILES string of the molecule is CCOc1ccc(N2C(=O)CSC23C(=O)N2c4c(cccc43)C(C)CC2(C)C)cc1. The molecule has 3 aliphatic heterocycles. The molecule has 0 aromatic heterocycles. The van der Waals surface area contributed by atoms with E-state index in [2.05, 4.69) is 26.8 Å². The molecule has 156 valence electrons. The predicted octanol–water partition coefficient (Wildman–Crippen LogP) is 4.65. The van der Waals surface area contributed by atoms with Crippen LogP contribution in [-0.4, -0.2) is 29.7 Å². The van der Waals surface area contributed by atoms with Crippen molar-refractivity contribution < 1.29 is 14.3 Å². The number of thioether (sulfide) groups is 1. The second-order valence-corrected chi connectivity index (χ2v) is 10.1. The molecule has 2 amide bonds. The van der Waals surface area contributed by atoms with Crippen molar-refractivity contribution in [2.45, 2.75) is 50.4 Å². The molecule has 0 N–H and O–H groups in total. The van der Waals surface area contributed by atoms with E-state index in [1.54, 1.807) is 4.90 Å². The van der Waals surface area contributed by atoms with E-state index in [4.69, 9.17) is 4.74 Å². The molecule has 6 heteroatoms. The predicted molar refractivity (Wildman–Crippen MR) is 120 cm³/mol. The van der Waals surface area contributed by atoms with E-state index < -0.39 is 4.87 Å². The molecule has 1 fully saturated rings. The van der Waals surface area contributed by atoms with Gasteiger partial charge in [-0.3, -0.25) is 14.5 Å². The molecule has 2 unspecified atom stereocenters. The average molecular weight is 423 g/mol. The molecule has 5 rings (SSSR count). The van der Waals surface area contributed by atoms with E-state index in [9.17, 15) is 9.59 Å². The minimum Gasteiger partial charge on any atom is -0.494 e. The number of fused-ring (bicyclic) bond motifs is 1. The zero-order valence-corrected chi connectivity index (χ0v) is 18.6. The quantitative estimate of drug-likeness (QED) is 0.722. The van der Waals surface area contributed by atoms with Gasteiger partial charge in [0.1, 0.15) is 5.75 Å². The van der Waals surface area contributed by atoms with E-state index in [0.29, 0.717) is 12.5 Å². The number of nitrogens with zero attached hydrogens (tertiary/aromatic N) is 2. The summed E-state index contributed by atoms with van der Waals surface area (Å²) in [5.41, 5.74) is 3.56. The van der Waals surface area contributed by atoms with Crippen molar-refractivity contribution in [3.05, 3.63) is 53.6 Å². The van der Waals surface area contributed by atoms with Crippen LogP contribution in [0.25, 0.3) is 0 Å². The molecule has 1 spiro atoms. The molecule has 2 aromatic carbocycles. The molecule has 5 nitrogen and oxygen atoms in total. The largest absolute Gasteiger partial charge is 0.494 e. The molecule has 0 aliphatic carbocycles. The number of carbonyl (C=O) groups excluding carboxylic acids is 2. The summed E-state index contributed by atoms with van der Waals surface area (Å²) < 4.78 is 5.56. The second kappa shape index (κ2) is 6.51. The smallest absolute Gasteiger partial charge is 0.269 e. The molecular formula is C24H26N2O3S. The fourth-order valence-electron chi connectivity index (χ4n) is 5.39. The molecule has 3 aliphatic rings. The topological polar surface area (TPSA) is 49.9 Å². The van der Waals surface area contributed by atoms with E-state index >= 15 is 0 Å². The van der Waals surface area contributed by atoms with Crippen LogP contribution < -0.4 is 14.5 Å². The Kier molecular flexibility index (Phi) is 4.23. The van der Waals surface area contributed by atoms with Gasteiger partial charge in [-0.25, -0.2) is 0 Å². The van der Waals surface area contributed by atoms with Crippen molar-refractivity contribution in [1.82, 2.24) is 0 Å². The van der Waals surface area contributed by atoms with Gasteiger partial charge in [0, 0.05) is 16.8 Å². The van der Waals surface area contributed by atoms with Crippen LogP contribution in [0.4, 0.5) is 11.4 Å². The van der Waals surface area contributed by atoms with Gasteiger partial charge in [0.05, 0.1) is 18.0 Å². The van der Waals surface area contributed by atoms with Crippen molar-refractivity contribution in [3.8, 4) is 5.75 Å². The summed E-state index contributed by atoms with van der Waals surface area (Å²) in [5.74, 6) is 1.35. The molecule has 0 bridgehead atoms. The summed E-state index contributed by atoms with van der Waals surface area (Å²) in [4.78, 5) is 29.9. The molecule has 2 aromatic rings. The third kappa shape index (κ3) is 2.43. The van der Waals surface area contributed by atoms with Crippen molar-refractivity contribution in [1.29, 1.82) is 0 Å². The van der Waals surface area contributed by atoms with Crippen molar-refractivity contribution >= 4 is 35.0 Å². The first-order chi connectivity index (χ1) is 14.3. The van der Waals surface area contributed by atoms with E-state index in [0.717, 1.165) is 29.1 Å². The second-order valence-electron chi connectivity index (χ2n) is 8.89. The summed E-state index contributed by atoms with van der Waals surface area (Å²) in [7, 11) is 0. The fraction of sp³-hybridized carbons (Fsp3) is 0.417. The number of para-hydroxylation sites is 1. The Balaban J connectivity index is 1.70. The maximum Gasteiger partial charge on any atom is 0.269 e. The van der Waals surface area contributed by atoms with Crippen LogP contribution >= 0.6 is 11.8 Å². The summed E-state index contributed by atoms with van der Waals surface area (Å²) >= 11 is 1.44. The van der Waals surface area contributed by atoms with Crippen LogP contribution in [-0.2, 0) is 14.5 Å². The highest BCUT2D eigenvalue weighted by Crippen LogP contribution is 2.61. The van der Waals surface area contributed by atoms with E-state index in [-0.39, 0.29) is 23.1 Å². The van der Waals surface area contributed by atoms with Crippen LogP contribution in [0.2, 0.25) is 0 Å². The Hall–Kier alpha value is -2.47. The molecule has 0 radical (unpaired) electrons. The van der Waals surface area contributed by atoms with Gasteiger partial charge >= 0.3 is 0 Å². The van der Waals surface area contributed by atoms with Gasteiger partial charge in [-0.2, -0.15) is 0 Å². The summed E-state index contributed by atoms with van der Waals surface area (Å²) in [5, 5.41) is 0. The number of amides is 2. The summed E-state index contributed by atoms with van der Waals surface area (Å²) in [6.07, 6.45) is 0.896. The summed E-state index contributed by atoms with van der Waals surface area (Å²) in [6.45, 7) is 9.00. The zero-order valence-electron chi connectivity index (χ0n) is 17.8. The van der Waals surface area contributed by atoms with Gasteiger partial charge in [-0.1, -0.05) is 25.1 Å². The first kappa shape index (κ1) is 19.5. The molecule has 30 heavy (non-hydrogen) atoms. The van der Waals surface area contributed by atoms with Gasteiger partial charge in [0.25, 0.3) is 5.91 Å². The highest BCUT2D eigenvalue weighted by molar-refractivity contribution is 8.02. The Morgan fingerprint density at radius 1 is 1.10 bits per heavy atom. The molecule has 1 saturated heterocycles. The highest BCUT2D eigenvalue weighted by atomic mass is 32.2. The van der Waals surface area contributed by atoms with Crippen LogP contribution in [0.1, 0.15) is 51.2 Å². The Labute approximate surface area is 181 Å². The lowest BCUT2D eigenvalue weighted by Crippen LogP contribution is -2.56. The van der Waals surface area contributed by atoms with Gasteiger partial charge in [-0.15, -0.1) is 11.8 Å². The lowest BCUT2D eigenvalue weighted by Gasteiger charge is -2.44. The minimum absolute atomic E-state index is 0.00779. The molecular weight excluding hydrogens is 396 g/mol.